The van der Waals surface area contributed by atoms with E-state index in [4.69, 9.17) is 10.5 Å². The molecule has 0 aliphatic carbocycles. The smallest absolute Gasteiger partial charge is 0.341 e. The van der Waals surface area contributed by atoms with E-state index in [0.717, 1.165) is 17.3 Å². The van der Waals surface area contributed by atoms with Crippen LogP contribution in [0.3, 0.4) is 0 Å². The molecule has 3 aromatic rings. The van der Waals surface area contributed by atoms with E-state index in [0.29, 0.717) is 17.3 Å². The van der Waals surface area contributed by atoms with Crippen molar-refractivity contribution < 1.29 is 31.9 Å². The quantitative estimate of drug-likeness (QED) is 0.401. The molecule has 2 aliphatic rings. The van der Waals surface area contributed by atoms with Crippen LogP contribution >= 0.6 is 0 Å². The van der Waals surface area contributed by atoms with Gasteiger partial charge in [0.15, 0.2) is 23.2 Å². The number of nitrogens with two attached hydrogens (primary N) is 1. The molecule has 1 aromatic carbocycles. The van der Waals surface area contributed by atoms with E-state index in [2.05, 4.69) is 15.2 Å². The number of halogens is 4. The number of ether oxygens (including phenoxy) is 1. The molecule has 10 nitrogen and oxygen atoms in total. The van der Waals surface area contributed by atoms with Crippen LogP contribution in [0.5, 0.6) is 5.75 Å². The van der Waals surface area contributed by atoms with Gasteiger partial charge in [0.25, 0.3) is 5.91 Å². The van der Waals surface area contributed by atoms with Gasteiger partial charge in [-0.1, -0.05) is 0 Å². The fraction of sp³-hybridized carbons (Fsp3) is 0.292. The highest BCUT2D eigenvalue weighted by molar-refractivity contribution is 5.94. The number of hydrogen-bond acceptors (Lipinski definition) is 6. The maximum Gasteiger partial charge on any atom is 0.341 e. The number of benzene rings is 1. The Kier molecular flexibility index (Phi) is 6.25. The van der Waals surface area contributed by atoms with Gasteiger partial charge in [0.05, 0.1) is 31.0 Å². The second-order valence-corrected chi connectivity index (χ2v) is 8.92. The average molecular weight is 531 g/mol. The van der Waals surface area contributed by atoms with Crippen LogP contribution < -0.4 is 10.5 Å². The summed E-state index contributed by atoms with van der Waals surface area (Å²) in [6.45, 7) is 1.76. The lowest BCUT2D eigenvalue weighted by atomic mass is 10.0. The van der Waals surface area contributed by atoms with Crippen molar-refractivity contribution in [3.8, 4) is 17.1 Å². The molecule has 1 fully saturated rings. The van der Waals surface area contributed by atoms with Gasteiger partial charge in [0.2, 0.25) is 0 Å². The molecule has 0 radical (unpaired) electrons. The van der Waals surface area contributed by atoms with Crippen molar-refractivity contribution in [3.63, 3.8) is 0 Å². The number of likely N-dealkylation sites (tertiary alicyclic amines) is 1. The first-order valence-electron chi connectivity index (χ1n) is 11.5. The van der Waals surface area contributed by atoms with Gasteiger partial charge in [-0.05, 0) is 13.0 Å². The summed E-state index contributed by atoms with van der Waals surface area (Å²) in [4.78, 5) is 30.0. The van der Waals surface area contributed by atoms with Gasteiger partial charge in [0, 0.05) is 42.9 Å². The Bertz CT molecular complexity index is 1490. The molecule has 5 rings (SSSR count). The molecule has 0 bridgehead atoms. The van der Waals surface area contributed by atoms with Gasteiger partial charge in [-0.3, -0.25) is 14.5 Å². The maximum absolute atomic E-state index is 14.5. The summed E-state index contributed by atoms with van der Waals surface area (Å²) in [6, 6.07) is 0.960. The van der Waals surface area contributed by atoms with E-state index in [-0.39, 0.29) is 42.2 Å². The molecule has 2 N–H and O–H groups in total. The summed E-state index contributed by atoms with van der Waals surface area (Å²) in [5.74, 6) is -5.12. The fourth-order valence-electron chi connectivity index (χ4n) is 4.53. The summed E-state index contributed by atoms with van der Waals surface area (Å²) in [5, 5.41) is 9.15. The molecule has 198 valence electrons. The van der Waals surface area contributed by atoms with Gasteiger partial charge in [-0.25, -0.2) is 27.4 Å². The number of primary amides is 1. The number of hydrazone groups is 1. The summed E-state index contributed by atoms with van der Waals surface area (Å²) in [6.07, 6.45) is 1.81. The zero-order valence-corrected chi connectivity index (χ0v) is 20.2. The zero-order valence-electron chi connectivity index (χ0n) is 20.2. The molecule has 0 saturated carbocycles. The van der Waals surface area contributed by atoms with Crippen molar-refractivity contribution in [2.45, 2.75) is 25.5 Å². The lowest BCUT2D eigenvalue weighted by molar-refractivity contribution is 0.0255. The third kappa shape index (κ3) is 4.31. The number of carbonyl (C=O) groups excluding carboxylic acids is 2. The molecule has 0 spiro atoms. The zero-order chi connectivity index (χ0) is 27.3. The Morgan fingerprint density at radius 2 is 1.84 bits per heavy atom. The van der Waals surface area contributed by atoms with Crippen molar-refractivity contribution in [3.05, 3.63) is 64.5 Å². The number of rotatable bonds is 5. The lowest BCUT2D eigenvalue weighted by Crippen LogP contribution is -2.59. The van der Waals surface area contributed by atoms with E-state index in [1.54, 1.807) is 14.0 Å². The van der Waals surface area contributed by atoms with E-state index in [1.807, 2.05) is 0 Å². The van der Waals surface area contributed by atoms with Crippen LogP contribution in [0.4, 0.5) is 22.4 Å². The van der Waals surface area contributed by atoms with Crippen molar-refractivity contribution in [1.29, 1.82) is 0 Å². The summed E-state index contributed by atoms with van der Waals surface area (Å²) >= 11 is 0. The molecule has 38 heavy (non-hydrogen) atoms. The summed E-state index contributed by atoms with van der Waals surface area (Å²) in [7, 11) is 1.55. The van der Waals surface area contributed by atoms with Crippen LogP contribution in [-0.2, 0) is 7.05 Å². The molecular weight excluding hydrogens is 510 g/mol. The normalized spacial score (nSPS) is 17.2. The third-order valence-corrected chi connectivity index (χ3v) is 6.40. The number of aryl methyl sites for hydroxylation is 1. The standard InChI is InChI=1S/C24H21F4N7O3/c1-11-21(32-33(2)22(11)23(29)36)17-7-19(16(27)8-30-17)38-13-9-34(10-13)24(37)35-18(3-4-31-35)14-5-12(25)6-15(26)20(14)28/h4-8,13,18H,3,9-10H2,1-2H3,(H2,29,36)/t18-/m0/s1. The third-order valence-electron chi connectivity index (χ3n) is 6.40. The number of urea groups is 1. The number of pyridine rings is 1. The van der Waals surface area contributed by atoms with Crippen molar-refractivity contribution in [1.82, 2.24) is 24.7 Å². The molecule has 4 heterocycles. The molecule has 1 atom stereocenters. The van der Waals surface area contributed by atoms with Crippen LogP contribution in [0.15, 0.2) is 29.5 Å². The monoisotopic (exact) mass is 531 g/mol. The summed E-state index contributed by atoms with van der Waals surface area (Å²) in [5.41, 5.74) is 6.32. The predicted molar refractivity (Wildman–Crippen MR) is 125 cm³/mol. The highest BCUT2D eigenvalue weighted by atomic mass is 19.2. The molecule has 14 heteroatoms. The molecule has 2 aliphatic heterocycles. The summed E-state index contributed by atoms with van der Waals surface area (Å²) < 4.78 is 63.2. The Balaban J connectivity index is 1.27. The SMILES string of the molecule is Cc1c(-c2cc(OC3CN(C(=O)N4N=CC[C@H]4c4cc(F)cc(F)c4F)C3)c(F)cn2)nn(C)c1C(N)=O. The van der Waals surface area contributed by atoms with Crippen molar-refractivity contribution >= 4 is 18.2 Å². The first-order valence-corrected chi connectivity index (χ1v) is 11.5. The van der Waals surface area contributed by atoms with E-state index in [9.17, 15) is 27.2 Å². The minimum atomic E-state index is -1.36. The van der Waals surface area contributed by atoms with Crippen LogP contribution in [0.1, 0.15) is 34.1 Å². The van der Waals surface area contributed by atoms with Crippen molar-refractivity contribution in [2.75, 3.05) is 13.1 Å². The molecule has 3 amide bonds. The number of nitrogens with zero attached hydrogens (tertiary/aromatic N) is 6. The van der Waals surface area contributed by atoms with E-state index in [1.165, 1.54) is 21.9 Å². The Morgan fingerprint density at radius 1 is 1.11 bits per heavy atom. The topological polar surface area (TPSA) is 119 Å². The largest absolute Gasteiger partial charge is 0.483 e. The highest BCUT2D eigenvalue weighted by Crippen LogP contribution is 2.34. The van der Waals surface area contributed by atoms with Gasteiger partial charge in [-0.2, -0.15) is 10.2 Å². The van der Waals surface area contributed by atoms with Crippen LogP contribution in [-0.4, -0.2) is 62.0 Å². The van der Waals surface area contributed by atoms with Gasteiger partial charge >= 0.3 is 6.03 Å². The van der Waals surface area contributed by atoms with Gasteiger partial charge in [0.1, 0.15) is 23.3 Å². The number of amides is 3. The van der Waals surface area contributed by atoms with Crippen LogP contribution in [0.2, 0.25) is 0 Å². The van der Waals surface area contributed by atoms with E-state index < -0.39 is 47.4 Å². The number of aromatic nitrogens is 3. The molecular formula is C24H21F4N7O3. The predicted octanol–water partition coefficient (Wildman–Crippen LogP) is 3.06. The van der Waals surface area contributed by atoms with Gasteiger partial charge < -0.3 is 15.4 Å². The number of hydrogen-bond donors (Lipinski definition) is 1. The second kappa shape index (κ2) is 9.43. The van der Waals surface area contributed by atoms with Crippen LogP contribution in [0, 0.1) is 30.2 Å². The minimum Gasteiger partial charge on any atom is -0.483 e. The highest BCUT2D eigenvalue weighted by Gasteiger charge is 2.40. The molecule has 0 unspecified atom stereocenters. The number of carbonyl (C=O) groups is 2. The van der Waals surface area contributed by atoms with Crippen molar-refractivity contribution in [2.24, 2.45) is 17.9 Å². The molecule has 1 saturated heterocycles. The Hall–Kier alpha value is -4.49. The lowest BCUT2D eigenvalue weighted by Gasteiger charge is -2.41. The average Bonchev–Trinajstić information content (AvgIpc) is 3.43. The first kappa shape index (κ1) is 25.2. The van der Waals surface area contributed by atoms with Crippen LogP contribution in [0.25, 0.3) is 11.4 Å². The fourth-order valence-corrected chi connectivity index (χ4v) is 4.53. The van der Waals surface area contributed by atoms with Gasteiger partial charge in [-0.15, -0.1) is 0 Å². The molecule has 2 aromatic heterocycles. The maximum atomic E-state index is 14.5. The first-order chi connectivity index (χ1) is 18.0. The van der Waals surface area contributed by atoms with E-state index >= 15 is 0 Å². The second-order valence-electron chi connectivity index (χ2n) is 8.92. The minimum absolute atomic E-state index is 0.0586. The Morgan fingerprint density at radius 3 is 2.53 bits per heavy atom. The Labute approximate surface area is 213 Å².